The summed E-state index contributed by atoms with van der Waals surface area (Å²) < 4.78 is 4.70. The molecule has 2 amide bonds. The number of hydrogen-bond donors (Lipinski definition) is 0. The zero-order chi connectivity index (χ0) is 6.85. The molecule has 9 heavy (non-hydrogen) atoms. The van der Waals surface area contributed by atoms with Gasteiger partial charge < -0.3 is 0 Å². The molecule has 1 aliphatic heterocycles. The Morgan fingerprint density at radius 1 is 1.33 bits per heavy atom. The number of nitrogens with zero attached hydrogens (tertiary/aromatic N) is 1. The number of rotatable bonds is 1. The molecule has 1 aliphatic rings. The van der Waals surface area contributed by atoms with Gasteiger partial charge in [-0.1, -0.05) is 0 Å². The lowest BCUT2D eigenvalue weighted by molar-refractivity contribution is -0.129. The minimum atomic E-state index is -0.655. The van der Waals surface area contributed by atoms with Crippen molar-refractivity contribution in [3.8, 4) is 0 Å². The third kappa shape index (κ3) is 1.07. The largest absolute Gasteiger partial charge is 0.269 e. The number of halogens is 1. The van der Waals surface area contributed by atoms with Gasteiger partial charge in [0.15, 0.2) is 0 Å². The maximum Gasteiger partial charge on any atom is 0.262 e. The molecule has 0 aliphatic carbocycles. The third-order valence-corrected chi connectivity index (χ3v) is 2.51. The smallest absolute Gasteiger partial charge is 0.262 e. The van der Waals surface area contributed by atoms with E-state index in [0.717, 1.165) is 0 Å². The molecule has 0 aromatic carbocycles. The van der Waals surface area contributed by atoms with Gasteiger partial charge in [0, 0.05) is 33.2 Å². The summed E-state index contributed by atoms with van der Waals surface area (Å²) in [5.74, 6) is -0.439. The first-order valence-electron chi connectivity index (χ1n) is 2.20. The van der Waals surface area contributed by atoms with E-state index >= 15 is 0 Å². The normalized spacial score (nSPS) is 17.6. The minimum absolute atomic E-state index is 0.220. The number of imide groups is 1. The van der Waals surface area contributed by atoms with Crippen molar-refractivity contribution >= 4 is 37.3 Å². The van der Waals surface area contributed by atoms with Crippen LogP contribution in [0.4, 0.5) is 0 Å². The molecule has 0 atom stereocenters. The standard InChI is InChI=1S/C5H4INO2/c1-6-7-4(8)2-3-5(7)9/h2-3H,1H2. The SMILES string of the molecule is C=IN1C(=O)C=CC1=O. The highest BCUT2D eigenvalue weighted by Gasteiger charge is 2.20. The van der Waals surface area contributed by atoms with Gasteiger partial charge >= 0.3 is 0 Å². The molecule has 0 N–H and O–H groups in total. The van der Waals surface area contributed by atoms with Crippen LogP contribution in [0.25, 0.3) is 0 Å². The second-order valence-corrected chi connectivity index (χ2v) is 3.06. The molecule has 0 spiro atoms. The van der Waals surface area contributed by atoms with Crippen LogP contribution in [0.5, 0.6) is 0 Å². The summed E-state index contributed by atoms with van der Waals surface area (Å²) in [5.41, 5.74) is 0. The molecule has 0 fully saturated rings. The van der Waals surface area contributed by atoms with E-state index in [9.17, 15) is 9.59 Å². The van der Waals surface area contributed by atoms with Crippen molar-refractivity contribution in [1.82, 2.24) is 3.11 Å². The van der Waals surface area contributed by atoms with Crippen molar-refractivity contribution in [1.29, 1.82) is 0 Å². The first kappa shape index (κ1) is 6.60. The lowest BCUT2D eigenvalue weighted by Crippen LogP contribution is -2.18. The van der Waals surface area contributed by atoms with Gasteiger partial charge in [-0.15, -0.1) is 0 Å². The molecule has 1 heterocycles. The summed E-state index contributed by atoms with van der Waals surface area (Å²) in [5, 5.41) is 0. The van der Waals surface area contributed by atoms with Gasteiger partial charge in [-0.25, -0.2) is 3.11 Å². The number of carbonyl (C=O) groups is 2. The number of amides is 2. The van der Waals surface area contributed by atoms with E-state index < -0.39 is 21.0 Å². The van der Waals surface area contributed by atoms with Gasteiger partial charge in [-0.05, 0) is 4.51 Å². The van der Waals surface area contributed by atoms with Crippen molar-refractivity contribution in [2.45, 2.75) is 0 Å². The monoisotopic (exact) mass is 237 g/mol. The summed E-state index contributed by atoms with van der Waals surface area (Å²) in [7, 11) is 0. The van der Waals surface area contributed by atoms with Crippen molar-refractivity contribution in [3.63, 3.8) is 0 Å². The van der Waals surface area contributed by atoms with Crippen molar-refractivity contribution < 1.29 is 9.59 Å². The Hall–Kier alpha value is -0.520. The van der Waals surface area contributed by atoms with Gasteiger partial charge in [0.2, 0.25) is 0 Å². The Labute approximate surface area is 62.4 Å². The van der Waals surface area contributed by atoms with E-state index in [1.807, 2.05) is 0 Å². The highest BCUT2D eigenvalue weighted by atomic mass is 127. The van der Waals surface area contributed by atoms with Crippen molar-refractivity contribution in [2.24, 2.45) is 0 Å². The van der Waals surface area contributed by atoms with Crippen LogP contribution in [0.15, 0.2) is 12.2 Å². The van der Waals surface area contributed by atoms with Crippen LogP contribution in [0.2, 0.25) is 0 Å². The Morgan fingerprint density at radius 3 is 2.00 bits per heavy atom. The summed E-state index contributed by atoms with van der Waals surface area (Å²) in [6, 6.07) is 0. The van der Waals surface area contributed by atoms with E-state index in [2.05, 4.69) is 4.51 Å². The molecule has 0 saturated carbocycles. The lowest BCUT2D eigenvalue weighted by atomic mass is 10.6. The van der Waals surface area contributed by atoms with E-state index in [1.165, 1.54) is 15.3 Å². The Balaban J connectivity index is 2.87. The molecule has 48 valence electrons. The fourth-order valence-electron chi connectivity index (χ4n) is 0.500. The van der Waals surface area contributed by atoms with Gasteiger partial charge in [0.05, 0.1) is 0 Å². The fourth-order valence-corrected chi connectivity index (χ4v) is 1.49. The molecule has 0 bridgehead atoms. The van der Waals surface area contributed by atoms with Crippen LogP contribution in [0.3, 0.4) is 0 Å². The zero-order valence-corrected chi connectivity index (χ0v) is 6.66. The second-order valence-electron chi connectivity index (χ2n) is 1.41. The van der Waals surface area contributed by atoms with Crippen LogP contribution in [-0.4, -0.2) is 19.4 Å². The Morgan fingerprint density at radius 2 is 1.78 bits per heavy atom. The predicted octanol–water partition coefficient (Wildman–Crippen LogP) is 0.229. The van der Waals surface area contributed by atoms with E-state index in [0.29, 0.717) is 0 Å². The predicted molar refractivity (Wildman–Crippen MR) is 42.1 cm³/mol. The van der Waals surface area contributed by atoms with Gasteiger partial charge in [-0.2, -0.15) is 0 Å². The highest BCUT2D eigenvalue weighted by molar-refractivity contribution is 14.2. The maximum atomic E-state index is 10.6. The molecule has 0 radical (unpaired) electrons. The van der Waals surface area contributed by atoms with Gasteiger partial charge in [-0.3, -0.25) is 9.59 Å². The van der Waals surface area contributed by atoms with Crippen molar-refractivity contribution in [2.75, 3.05) is 0 Å². The topological polar surface area (TPSA) is 37.4 Å². The van der Waals surface area contributed by atoms with E-state index in [4.69, 9.17) is 0 Å². The first-order valence-corrected chi connectivity index (χ1v) is 4.69. The van der Waals surface area contributed by atoms with Crippen LogP contribution in [-0.2, 0) is 9.59 Å². The average molecular weight is 237 g/mol. The first-order chi connectivity index (χ1) is 4.25. The lowest BCUT2D eigenvalue weighted by Gasteiger charge is -2.02. The summed E-state index contributed by atoms with van der Waals surface area (Å²) >= 11 is -0.655. The average Bonchev–Trinajstić information content (AvgIpc) is 2.12. The van der Waals surface area contributed by atoms with E-state index in [1.54, 1.807) is 0 Å². The quantitative estimate of drug-likeness (QED) is 0.372. The van der Waals surface area contributed by atoms with Crippen LogP contribution in [0, 0.1) is 0 Å². The zero-order valence-electron chi connectivity index (χ0n) is 4.50. The summed E-state index contributed by atoms with van der Waals surface area (Å²) in [6.45, 7) is 0. The van der Waals surface area contributed by atoms with Gasteiger partial charge in [0.25, 0.3) is 11.8 Å². The molecule has 0 saturated heterocycles. The minimum Gasteiger partial charge on any atom is -0.269 e. The number of carbonyl (C=O) groups excluding carboxylic acids is 2. The van der Waals surface area contributed by atoms with E-state index in [-0.39, 0.29) is 11.8 Å². The molecule has 4 heteroatoms. The highest BCUT2D eigenvalue weighted by Crippen LogP contribution is 2.12. The molecule has 0 aromatic rings. The van der Waals surface area contributed by atoms with Crippen molar-refractivity contribution in [3.05, 3.63) is 12.2 Å². The summed E-state index contributed by atoms with van der Waals surface area (Å²) in [6.07, 6.45) is 2.54. The van der Waals surface area contributed by atoms with Crippen LogP contribution < -0.4 is 0 Å². The Bertz CT molecular complexity index is 191. The Kier molecular flexibility index (Phi) is 1.75. The molecular formula is C5H4INO2. The van der Waals surface area contributed by atoms with Crippen LogP contribution in [0.1, 0.15) is 0 Å². The molecular weight excluding hydrogens is 233 g/mol. The maximum absolute atomic E-state index is 10.6. The molecule has 1 rings (SSSR count). The fraction of sp³-hybridized carbons (Fsp3) is 0. The second kappa shape index (κ2) is 2.38. The third-order valence-electron chi connectivity index (χ3n) is 0.875. The van der Waals surface area contributed by atoms with Crippen LogP contribution >= 0.6 is 21.0 Å². The molecule has 0 unspecified atom stereocenters. The molecule has 0 aromatic heterocycles. The summed E-state index contributed by atoms with van der Waals surface area (Å²) in [4.78, 5) is 21.2. The molecule has 3 nitrogen and oxygen atoms in total. The van der Waals surface area contributed by atoms with Gasteiger partial charge in [0.1, 0.15) is 0 Å². The number of hydrogen-bond acceptors (Lipinski definition) is 2.